The Morgan fingerprint density at radius 3 is 1.27 bits per heavy atom. The van der Waals surface area contributed by atoms with Crippen LogP contribution in [0.3, 0.4) is 0 Å². The molecule has 1 unspecified atom stereocenters. The highest BCUT2D eigenvalue weighted by atomic mass is 28.3. The van der Waals surface area contributed by atoms with E-state index in [9.17, 15) is 0 Å². The summed E-state index contributed by atoms with van der Waals surface area (Å²) in [5, 5.41) is 0. The Morgan fingerprint density at radius 2 is 1.27 bits per heavy atom. The number of methoxy groups -OCH3 is 2. The molecule has 1 fully saturated rings. The standard InChI is InChI=1S/C6H12O2.C3H10O3Si/c1-5-4-6(5,7-2)8-3;1-4-7(5-2)6-3/h5H,4H2,1-3H3;7H,1-3H3. The fraction of sp³-hybridized carbons (Fsp3) is 1.00. The topological polar surface area (TPSA) is 46.2 Å². The van der Waals surface area contributed by atoms with Crippen molar-refractivity contribution in [2.24, 2.45) is 5.92 Å². The van der Waals surface area contributed by atoms with Gasteiger partial charge in [0, 0.05) is 47.9 Å². The lowest BCUT2D eigenvalue weighted by Crippen LogP contribution is -2.21. The molecule has 0 amide bonds. The highest BCUT2D eigenvalue weighted by molar-refractivity contribution is 6.36. The van der Waals surface area contributed by atoms with E-state index in [4.69, 9.17) is 22.8 Å². The van der Waals surface area contributed by atoms with Gasteiger partial charge in [-0.3, -0.25) is 0 Å². The lowest BCUT2D eigenvalue weighted by Gasteiger charge is -2.10. The number of ether oxygens (including phenoxy) is 2. The Labute approximate surface area is 93.6 Å². The first-order chi connectivity index (χ1) is 7.10. The summed E-state index contributed by atoms with van der Waals surface area (Å²) < 4.78 is 24.4. The molecule has 15 heavy (non-hydrogen) atoms. The smallest absolute Gasteiger partial charge is 0.379 e. The molecule has 0 aromatic carbocycles. The van der Waals surface area contributed by atoms with E-state index in [0.717, 1.165) is 6.42 Å². The zero-order valence-corrected chi connectivity index (χ0v) is 11.6. The fourth-order valence-corrected chi connectivity index (χ4v) is 1.89. The second-order valence-electron chi connectivity index (χ2n) is 3.32. The van der Waals surface area contributed by atoms with Crippen LogP contribution in [0.1, 0.15) is 13.3 Å². The quantitative estimate of drug-likeness (QED) is 0.520. The maximum atomic E-state index is 5.09. The van der Waals surface area contributed by atoms with Crippen molar-refractivity contribution in [3.05, 3.63) is 0 Å². The highest BCUT2D eigenvalue weighted by Gasteiger charge is 2.52. The van der Waals surface area contributed by atoms with E-state index in [2.05, 4.69) is 6.92 Å². The van der Waals surface area contributed by atoms with Crippen LogP contribution in [0.2, 0.25) is 0 Å². The number of hydrogen-bond acceptors (Lipinski definition) is 5. The van der Waals surface area contributed by atoms with E-state index >= 15 is 0 Å². The molecule has 0 heterocycles. The molecule has 92 valence electrons. The maximum Gasteiger partial charge on any atom is 0.483 e. The summed E-state index contributed by atoms with van der Waals surface area (Å²) in [6.07, 6.45) is 1.04. The summed E-state index contributed by atoms with van der Waals surface area (Å²) in [7, 11) is 6.42. The third-order valence-electron chi connectivity index (χ3n) is 2.45. The van der Waals surface area contributed by atoms with Gasteiger partial charge in [-0.1, -0.05) is 6.92 Å². The van der Waals surface area contributed by atoms with Crippen LogP contribution in [0.25, 0.3) is 0 Å². The van der Waals surface area contributed by atoms with Crippen LogP contribution in [-0.4, -0.2) is 50.9 Å². The Morgan fingerprint density at radius 1 is 0.933 bits per heavy atom. The van der Waals surface area contributed by atoms with Gasteiger partial charge in [0.25, 0.3) is 0 Å². The van der Waals surface area contributed by atoms with Crippen LogP contribution in [0, 0.1) is 5.92 Å². The van der Waals surface area contributed by atoms with Crippen LogP contribution >= 0.6 is 0 Å². The number of rotatable bonds is 5. The van der Waals surface area contributed by atoms with Gasteiger partial charge in [0.2, 0.25) is 0 Å². The lowest BCUT2D eigenvalue weighted by atomic mass is 10.5. The average molecular weight is 238 g/mol. The van der Waals surface area contributed by atoms with Gasteiger partial charge in [-0.2, -0.15) is 0 Å². The summed E-state index contributed by atoms with van der Waals surface area (Å²) in [6.45, 7) is 2.12. The van der Waals surface area contributed by atoms with Crippen molar-refractivity contribution in [2.75, 3.05) is 35.5 Å². The van der Waals surface area contributed by atoms with Crippen LogP contribution in [-0.2, 0) is 22.8 Å². The largest absolute Gasteiger partial charge is 0.483 e. The van der Waals surface area contributed by atoms with Crippen molar-refractivity contribution in [3.63, 3.8) is 0 Å². The van der Waals surface area contributed by atoms with E-state index in [1.165, 1.54) is 0 Å². The van der Waals surface area contributed by atoms with Gasteiger partial charge < -0.3 is 22.8 Å². The van der Waals surface area contributed by atoms with Crippen molar-refractivity contribution < 1.29 is 22.8 Å². The molecule has 1 aliphatic rings. The van der Waals surface area contributed by atoms with Gasteiger partial charge in [-0.15, -0.1) is 0 Å². The fourth-order valence-electron chi connectivity index (χ4n) is 1.31. The second kappa shape index (κ2) is 7.32. The summed E-state index contributed by atoms with van der Waals surface area (Å²) in [5.41, 5.74) is 0. The van der Waals surface area contributed by atoms with E-state index in [0.29, 0.717) is 5.92 Å². The molecule has 0 bridgehead atoms. The first-order valence-electron chi connectivity index (χ1n) is 4.78. The van der Waals surface area contributed by atoms with E-state index in [1.54, 1.807) is 35.5 Å². The lowest BCUT2D eigenvalue weighted by molar-refractivity contribution is -0.138. The normalized spacial score (nSPS) is 22.2. The summed E-state index contributed by atoms with van der Waals surface area (Å²) in [4.78, 5) is 0. The molecule has 0 N–H and O–H groups in total. The Balaban J connectivity index is 0.000000265. The van der Waals surface area contributed by atoms with E-state index in [1.807, 2.05) is 0 Å². The Hall–Kier alpha value is 0.0169. The Kier molecular flexibility index (Phi) is 7.32. The minimum Gasteiger partial charge on any atom is -0.379 e. The minimum absolute atomic E-state index is 0.208. The van der Waals surface area contributed by atoms with Gasteiger partial charge in [-0.05, 0) is 0 Å². The molecule has 0 spiro atoms. The average Bonchev–Trinajstić information content (AvgIpc) is 2.94. The van der Waals surface area contributed by atoms with Gasteiger partial charge >= 0.3 is 9.53 Å². The van der Waals surface area contributed by atoms with Crippen molar-refractivity contribution in [2.45, 2.75) is 19.1 Å². The van der Waals surface area contributed by atoms with Gasteiger partial charge in [0.05, 0.1) is 0 Å². The van der Waals surface area contributed by atoms with Gasteiger partial charge in [0.15, 0.2) is 5.79 Å². The molecule has 0 aromatic heterocycles. The summed E-state index contributed by atoms with van der Waals surface area (Å²) in [5.74, 6) is 0.373. The van der Waals surface area contributed by atoms with E-state index in [-0.39, 0.29) is 5.79 Å². The predicted molar refractivity (Wildman–Crippen MR) is 58.7 cm³/mol. The second-order valence-corrected chi connectivity index (χ2v) is 5.31. The highest BCUT2D eigenvalue weighted by Crippen LogP contribution is 2.46. The van der Waals surface area contributed by atoms with Crippen molar-refractivity contribution >= 4 is 9.53 Å². The zero-order valence-electron chi connectivity index (χ0n) is 10.4. The van der Waals surface area contributed by atoms with Crippen LogP contribution in [0.5, 0.6) is 0 Å². The van der Waals surface area contributed by atoms with Crippen molar-refractivity contribution in [3.8, 4) is 0 Å². The molecule has 5 nitrogen and oxygen atoms in total. The molecule has 0 aromatic rings. The Bertz CT molecular complexity index is 148. The first-order valence-corrected chi connectivity index (χ1v) is 6.20. The molecule has 6 heteroatoms. The minimum atomic E-state index is -1.67. The van der Waals surface area contributed by atoms with Crippen LogP contribution < -0.4 is 0 Å². The third-order valence-corrected chi connectivity index (χ3v) is 3.60. The summed E-state index contributed by atoms with van der Waals surface area (Å²) in [6, 6.07) is 0. The zero-order chi connectivity index (χ0) is 11.9. The molecular formula is C9H22O5Si. The van der Waals surface area contributed by atoms with Crippen molar-refractivity contribution in [1.29, 1.82) is 0 Å². The molecule has 1 saturated carbocycles. The molecule has 0 radical (unpaired) electrons. The molecule has 1 rings (SSSR count). The van der Waals surface area contributed by atoms with Gasteiger partial charge in [-0.25, -0.2) is 0 Å². The molecule has 0 saturated heterocycles. The summed E-state index contributed by atoms with van der Waals surface area (Å²) >= 11 is 0. The molecule has 0 aliphatic heterocycles. The molecular weight excluding hydrogens is 216 g/mol. The number of hydrogen-bond donors (Lipinski definition) is 0. The monoisotopic (exact) mass is 238 g/mol. The van der Waals surface area contributed by atoms with Crippen LogP contribution in [0.15, 0.2) is 0 Å². The van der Waals surface area contributed by atoms with E-state index < -0.39 is 9.53 Å². The third kappa shape index (κ3) is 4.58. The van der Waals surface area contributed by atoms with Gasteiger partial charge in [0.1, 0.15) is 0 Å². The predicted octanol–water partition coefficient (Wildman–Crippen LogP) is 0.658. The molecule has 1 atom stereocenters. The van der Waals surface area contributed by atoms with Crippen molar-refractivity contribution in [1.82, 2.24) is 0 Å². The SMILES string of the molecule is COC1(OC)CC1C.CO[SiH](OC)OC. The molecule has 1 aliphatic carbocycles. The van der Waals surface area contributed by atoms with Crippen LogP contribution in [0.4, 0.5) is 0 Å². The first kappa shape index (κ1) is 15.0. The maximum absolute atomic E-state index is 5.09.